The molecule has 0 fully saturated rings. The number of halogens is 1. The van der Waals surface area contributed by atoms with Gasteiger partial charge in [0, 0.05) is 16.1 Å². The van der Waals surface area contributed by atoms with Crippen LogP contribution >= 0.6 is 11.6 Å². The largest absolute Gasteiger partial charge is 0.343 e. The van der Waals surface area contributed by atoms with E-state index in [1.165, 1.54) is 12.1 Å². The third-order valence-corrected chi connectivity index (χ3v) is 3.95. The van der Waals surface area contributed by atoms with Crippen LogP contribution in [-0.4, -0.2) is 28.4 Å². The van der Waals surface area contributed by atoms with E-state index in [0.29, 0.717) is 10.6 Å². The number of benzene rings is 2. The van der Waals surface area contributed by atoms with Crippen LogP contribution in [0.15, 0.2) is 48.5 Å². The summed E-state index contributed by atoms with van der Waals surface area (Å²) in [7, 11) is 0. The highest BCUT2D eigenvalue weighted by Gasteiger charge is 2.30. The fourth-order valence-corrected chi connectivity index (χ4v) is 2.43. The van der Waals surface area contributed by atoms with E-state index in [-0.39, 0.29) is 5.56 Å². The minimum atomic E-state index is -0.760. The predicted octanol–water partition coefficient (Wildman–Crippen LogP) is 3.94. The first-order valence-electron chi connectivity index (χ1n) is 8.36. The van der Waals surface area contributed by atoms with Crippen LogP contribution in [0.1, 0.15) is 47.1 Å². The van der Waals surface area contributed by atoms with Gasteiger partial charge < -0.3 is 0 Å². The minimum absolute atomic E-state index is 0.284. The molecule has 0 saturated carbocycles. The molecule has 2 rings (SSSR count). The zero-order chi connectivity index (χ0) is 20.2. The van der Waals surface area contributed by atoms with Crippen molar-refractivity contribution in [2.75, 3.05) is 0 Å². The topological polar surface area (TPSA) is 78.5 Å². The number of urea groups is 1. The zero-order valence-electron chi connectivity index (χ0n) is 15.7. The lowest BCUT2D eigenvalue weighted by molar-refractivity contribution is 0.0640. The van der Waals surface area contributed by atoms with Crippen LogP contribution in [0.3, 0.4) is 0 Å². The summed E-state index contributed by atoms with van der Waals surface area (Å²) < 4.78 is 0. The lowest BCUT2D eigenvalue weighted by Crippen LogP contribution is -2.59. The van der Waals surface area contributed by atoms with Gasteiger partial charge in [-0.1, -0.05) is 29.3 Å². The number of hydrazine groups is 1. The maximum absolute atomic E-state index is 12.6. The quantitative estimate of drug-likeness (QED) is 0.766. The molecule has 0 unspecified atom stereocenters. The average molecular weight is 388 g/mol. The number of aryl methyl sites for hydroxylation is 1. The van der Waals surface area contributed by atoms with Gasteiger partial charge in [0.25, 0.3) is 11.8 Å². The zero-order valence-corrected chi connectivity index (χ0v) is 16.4. The molecule has 0 radical (unpaired) electrons. The minimum Gasteiger partial charge on any atom is -0.272 e. The highest BCUT2D eigenvalue weighted by Crippen LogP contribution is 2.13. The fraction of sp³-hybridized carbons (Fsp3) is 0.250. The van der Waals surface area contributed by atoms with E-state index in [1.807, 2.05) is 13.0 Å². The molecule has 4 amide bonds. The second kappa shape index (κ2) is 8.22. The molecule has 2 aromatic carbocycles. The van der Waals surface area contributed by atoms with Crippen molar-refractivity contribution in [2.45, 2.75) is 33.2 Å². The van der Waals surface area contributed by atoms with Crippen molar-refractivity contribution in [1.82, 2.24) is 15.8 Å². The van der Waals surface area contributed by atoms with E-state index >= 15 is 0 Å². The summed E-state index contributed by atoms with van der Waals surface area (Å²) in [5, 5.41) is 3.87. The maximum atomic E-state index is 12.6. The van der Waals surface area contributed by atoms with Crippen molar-refractivity contribution in [3.63, 3.8) is 0 Å². The molecule has 2 N–H and O–H groups in total. The number of amides is 4. The molecule has 2 aromatic rings. The number of rotatable bonds is 2. The molecule has 0 saturated heterocycles. The molecule has 0 atom stereocenters. The Morgan fingerprint density at radius 2 is 1.56 bits per heavy atom. The third-order valence-electron chi connectivity index (χ3n) is 3.69. The highest BCUT2D eigenvalue weighted by molar-refractivity contribution is 6.30. The van der Waals surface area contributed by atoms with Gasteiger partial charge in [-0.25, -0.2) is 9.80 Å². The van der Waals surface area contributed by atoms with E-state index in [1.54, 1.807) is 51.1 Å². The molecular weight excluding hydrogens is 366 g/mol. The standard InChI is InChI=1S/C20H22ClN3O3/c1-13-6-5-7-15(12-13)18(26)23-24(20(2,3)4)19(27)22-17(25)14-8-10-16(21)11-9-14/h5-12H,1-4H3,(H,23,26)(H,22,25,27). The van der Waals surface area contributed by atoms with Gasteiger partial charge in [-0.2, -0.15) is 0 Å². The lowest BCUT2D eigenvalue weighted by Gasteiger charge is -2.35. The molecule has 0 spiro atoms. The fourth-order valence-electron chi connectivity index (χ4n) is 2.30. The van der Waals surface area contributed by atoms with Crippen molar-refractivity contribution < 1.29 is 14.4 Å². The highest BCUT2D eigenvalue weighted by atomic mass is 35.5. The summed E-state index contributed by atoms with van der Waals surface area (Å²) in [6.07, 6.45) is 0. The van der Waals surface area contributed by atoms with E-state index in [9.17, 15) is 14.4 Å². The number of carbonyl (C=O) groups excluding carboxylic acids is 3. The summed E-state index contributed by atoms with van der Waals surface area (Å²) in [6, 6.07) is 12.4. The number of nitrogens with one attached hydrogen (secondary N) is 2. The maximum Gasteiger partial charge on any atom is 0.343 e. The Labute approximate surface area is 163 Å². The molecule has 0 bridgehead atoms. The van der Waals surface area contributed by atoms with Gasteiger partial charge in [-0.05, 0) is 64.1 Å². The molecule has 27 heavy (non-hydrogen) atoms. The molecule has 0 aliphatic carbocycles. The number of hydrogen-bond acceptors (Lipinski definition) is 3. The van der Waals surface area contributed by atoms with Gasteiger partial charge in [0.1, 0.15) is 0 Å². The van der Waals surface area contributed by atoms with E-state index in [0.717, 1.165) is 10.6 Å². The monoisotopic (exact) mass is 387 g/mol. The van der Waals surface area contributed by atoms with Crippen LogP contribution in [0.2, 0.25) is 5.02 Å². The van der Waals surface area contributed by atoms with Crippen molar-refractivity contribution in [3.05, 3.63) is 70.2 Å². The number of carbonyl (C=O) groups is 3. The lowest BCUT2D eigenvalue weighted by atomic mass is 10.1. The second-order valence-electron chi connectivity index (χ2n) is 7.08. The number of hydrogen-bond donors (Lipinski definition) is 2. The first-order valence-corrected chi connectivity index (χ1v) is 8.74. The second-order valence-corrected chi connectivity index (χ2v) is 7.52. The van der Waals surface area contributed by atoms with Gasteiger partial charge in [0.2, 0.25) is 0 Å². The smallest absolute Gasteiger partial charge is 0.272 e. The average Bonchev–Trinajstić information content (AvgIpc) is 2.58. The van der Waals surface area contributed by atoms with Crippen LogP contribution in [-0.2, 0) is 0 Å². The van der Waals surface area contributed by atoms with Crippen molar-refractivity contribution >= 4 is 29.4 Å². The van der Waals surface area contributed by atoms with Crippen LogP contribution in [0.25, 0.3) is 0 Å². The van der Waals surface area contributed by atoms with Gasteiger partial charge in [0.05, 0.1) is 5.54 Å². The first-order chi connectivity index (χ1) is 12.6. The van der Waals surface area contributed by atoms with Crippen LogP contribution in [0, 0.1) is 6.92 Å². The van der Waals surface area contributed by atoms with Crippen LogP contribution in [0.5, 0.6) is 0 Å². The molecule has 142 valence electrons. The molecule has 0 aliphatic heterocycles. The summed E-state index contributed by atoms with van der Waals surface area (Å²) in [5.41, 5.74) is 3.44. The molecule has 7 heteroatoms. The summed E-state index contributed by atoms with van der Waals surface area (Å²) in [6.45, 7) is 7.11. The Balaban J connectivity index is 2.15. The van der Waals surface area contributed by atoms with Crippen molar-refractivity contribution in [2.24, 2.45) is 0 Å². The summed E-state index contributed by atoms with van der Waals surface area (Å²) >= 11 is 5.80. The number of nitrogens with zero attached hydrogens (tertiary/aromatic N) is 1. The molecular formula is C20H22ClN3O3. The van der Waals surface area contributed by atoms with Gasteiger partial charge in [-0.3, -0.25) is 20.3 Å². The summed E-state index contributed by atoms with van der Waals surface area (Å²) in [4.78, 5) is 37.4. The molecule has 6 nitrogen and oxygen atoms in total. The Hall–Kier alpha value is -2.86. The molecule has 0 aromatic heterocycles. The van der Waals surface area contributed by atoms with E-state index in [2.05, 4.69) is 10.7 Å². The first kappa shape index (κ1) is 20.5. The van der Waals surface area contributed by atoms with E-state index in [4.69, 9.17) is 11.6 Å². The van der Waals surface area contributed by atoms with E-state index < -0.39 is 23.4 Å². The molecule has 0 aliphatic rings. The molecule has 0 heterocycles. The normalized spacial score (nSPS) is 10.9. The number of imide groups is 1. The third kappa shape index (κ3) is 5.56. The summed E-state index contributed by atoms with van der Waals surface area (Å²) in [5.74, 6) is -1.03. The Kier molecular flexibility index (Phi) is 6.23. The Morgan fingerprint density at radius 3 is 2.11 bits per heavy atom. The van der Waals surface area contributed by atoms with Crippen molar-refractivity contribution in [1.29, 1.82) is 0 Å². The van der Waals surface area contributed by atoms with Crippen LogP contribution < -0.4 is 10.7 Å². The van der Waals surface area contributed by atoms with Crippen molar-refractivity contribution in [3.8, 4) is 0 Å². The SMILES string of the molecule is Cc1cccc(C(=O)NN(C(=O)NC(=O)c2ccc(Cl)cc2)C(C)(C)C)c1. The van der Waals surface area contributed by atoms with Crippen LogP contribution in [0.4, 0.5) is 4.79 Å². The van der Waals surface area contributed by atoms with Gasteiger partial charge in [0.15, 0.2) is 0 Å². The van der Waals surface area contributed by atoms with Gasteiger partial charge in [-0.15, -0.1) is 0 Å². The Bertz CT molecular complexity index is 858. The predicted molar refractivity (Wildman–Crippen MR) is 105 cm³/mol. The Morgan fingerprint density at radius 1 is 0.926 bits per heavy atom. The van der Waals surface area contributed by atoms with Gasteiger partial charge >= 0.3 is 6.03 Å².